The average molecular weight is 422 g/mol. The molecule has 27 heavy (non-hydrogen) atoms. The predicted octanol–water partition coefficient (Wildman–Crippen LogP) is 4.23. The van der Waals surface area contributed by atoms with Crippen molar-refractivity contribution in [3.8, 4) is 17.0 Å². The van der Waals surface area contributed by atoms with Crippen molar-refractivity contribution in [2.45, 2.75) is 0 Å². The minimum absolute atomic E-state index is 0.256. The summed E-state index contributed by atoms with van der Waals surface area (Å²) >= 11 is 13.4. The molecule has 0 spiro atoms. The van der Waals surface area contributed by atoms with Gasteiger partial charge in [0, 0.05) is 16.0 Å². The highest BCUT2D eigenvalue weighted by Gasteiger charge is 2.15. The number of aromatic nitrogens is 1. The summed E-state index contributed by atoms with van der Waals surface area (Å²) in [4.78, 5) is 27.8. The number of amides is 2. The van der Waals surface area contributed by atoms with Crippen LogP contribution >= 0.6 is 34.5 Å². The number of para-hydroxylation sites is 1. The number of carbonyl (C=O) groups excluding carboxylic acids is 2. The number of nitrogens with one attached hydrogen (secondary N) is 1. The lowest BCUT2D eigenvalue weighted by Gasteiger charge is -2.09. The molecular weight excluding hydrogens is 409 g/mol. The molecule has 0 saturated heterocycles. The van der Waals surface area contributed by atoms with Crippen LogP contribution in [0.5, 0.6) is 5.75 Å². The van der Waals surface area contributed by atoms with Crippen molar-refractivity contribution in [1.29, 1.82) is 0 Å². The Labute approximate surface area is 168 Å². The summed E-state index contributed by atoms with van der Waals surface area (Å²) in [7, 11) is 0. The number of nitrogens with two attached hydrogens (primary N) is 1. The van der Waals surface area contributed by atoms with E-state index in [2.05, 4.69) is 10.3 Å². The third-order valence-electron chi connectivity index (χ3n) is 3.43. The highest BCUT2D eigenvalue weighted by atomic mass is 35.5. The predicted molar refractivity (Wildman–Crippen MR) is 107 cm³/mol. The maximum atomic E-state index is 12.6. The van der Waals surface area contributed by atoms with Crippen LogP contribution in [0.1, 0.15) is 10.4 Å². The van der Waals surface area contributed by atoms with Crippen LogP contribution in [0.4, 0.5) is 5.13 Å². The van der Waals surface area contributed by atoms with Crippen molar-refractivity contribution in [2.75, 3.05) is 11.9 Å². The van der Waals surface area contributed by atoms with Gasteiger partial charge in [-0.25, -0.2) is 4.98 Å². The molecule has 3 N–H and O–H groups in total. The molecule has 0 aliphatic heterocycles. The van der Waals surface area contributed by atoms with E-state index in [0.29, 0.717) is 26.4 Å². The lowest BCUT2D eigenvalue weighted by molar-refractivity contribution is -0.119. The van der Waals surface area contributed by atoms with Crippen molar-refractivity contribution in [2.24, 2.45) is 5.73 Å². The van der Waals surface area contributed by atoms with Gasteiger partial charge in [-0.15, -0.1) is 11.3 Å². The first-order valence-electron chi connectivity index (χ1n) is 7.66. The SMILES string of the molecule is NC(=O)COc1ccccc1C(=O)Nc1nc(-c2ccc(Cl)cc2Cl)cs1. The largest absolute Gasteiger partial charge is 0.483 e. The van der Waals surface area contributed by atoms with Gasteiger partial charge in [-0.2, -0.15) is 0 Å². The number of carbonyl (C=O) groups is 2. The van der Waals surface area contributed by atoms with Gasteiger partial charge >= 0.3 is 0 Å². The van der Waals surface area contributed by atoms with Crippen LogP contribution < -0.4 is 15.8 Å². The van der Waals surface area contributed by atoms with Gasteiger partial charge in [0.05, 0.1) is 16.3 Å². The Hall–Kier alpha value is -2.61. The number of halogens is 2. The molecule has 0 radical (unpaired) electrons. The van der Waals surface area contributed by atoms with Crippen LogP contribution in [-0.4, -0.2) is 23.4 Å². The zero-order valence-corrected chi connectivity index (χ0v) is 16.1. The molecule has 0 aliphatic rings. The second-order valence-corrected chi connectivity index (χ2v) is 7.07. The number of benzene rings is 2. The molecule has 3 rings (SSSR count). The van der Waals surface area contributed by atoms with Crippen molar-refractivity contribution >= 4 is 51.5 Å². The normalized spacial score (nSPS) is 10.4. The van der Waals surface area contributed by atoms with Gasteiger partial charge in [-0.05, 0) is 30.3 Å². The molecule has 2 aromatic carbocycles. The summed E-state index contributed by atoms with van der Waals surface area (Å²) < 4.78 is 5.28. The fourth-order valence-corrected chi connectivity index (χ4v) is 3.46. The molecule has 0 atom stereocenters. The van der Waals surface area contributed by atoms with Crippen LogP contribution in [0.25, 0.3) is 11.3 Å². The summed E-state index contributed by atoms with van der Waals surface area (Å²) in [6.45, 7) is -0.319. The van der Waals surface area contributed by atoms with Gasteiger partial charge in [-0.3, -0.25) is 14.9 Å². The summed E-state index contributed by atoms with van der Waals surface area (Å²) in [5, 5.41) is 5.88. The molecule has 0 bridgehead atoms. The molecule has 6 nitrogen and oxygen atoms in total. The van der Waals surface area contributed by atoms with E-state index >= 15 is 0 Å². The number of ether oxygens (including phenoxy) is 1. The first-order chi connectivity index (χ1) is 12.9. The summed E-state index contributed by atoms with van der Waals surface area (Å²) in [6.07, 6.45) is 0. The van der Waals surface area contributed by atoms with Crippen LogP contribution in [0, 0.1) is 0 Å². The lowest BCUT2D eigenvalue weighted by Crippen LogP contribution is -2.21. The zero-order chi connectivity index (χ0) is 19.4. The van der Waals surface area contributed by atoms with Crippen molar-refractivity contribution < 1.29 is 14.3 Å². The van der Waals surface area contributed by atoms with Crippen molar-refractivity contribution in [3.63, 3.8) is 0 Å². The third-order valence-corrected chi connectivity index (χ3v) is 4.74. The number of hydrogen-bond acceptors (Lipinski definition) is 5. The Morgan fingerprint density at radius 1 is 1.19 bits per heavy atom. The number of primary amides is 1. The molecule has 0 unspecified atom stereocenters. The number of hydrogen-bond donors (Lipinski definition) is 2. The topological polar surface area (TPSA) is 94.3 Å². The zero-order valence-electron chi connectivity index (χ0n) is 13.7. The summed E-state index contributed by atoms with van der Waals surface area (Å²) in [5.41, 5.74) is 6.67. The van der Waals surface area contributed by atoms with Crippen molar-refractivity contribution in [1.82, 2.24) is 4.98 Å². The Morgan fingerprint density at radius 2 is 1.96 bits per heavy atom. The second-order valence-electron chi connectivity index (χ2n) is 5.37. The van der Waals surface area contributed by atoms with Gasteiger partial charge in [0.1, 0.15) is 5.75 Å². The molecule has 0 fully saturated rings. The molecule has 138 valence electrons. The Morgan fingerprint density at radius 3 is 2.70 bits per heavy atom. The lowest BCUT2D eigenvalue weighted by atomic mass is 10.2. The molecule has 0 aliphatic carbocycles. The Balaban J connectivity index is 1.78. The summed E-state index contributed by atoms with van der Waals surface area (Å²) in [6, 6.07) is 11.6. The van der Waals surface area contributed by atoms with E-state index < -0.39 is 11.8 Å². The number of nitrogens with zero attached hydrogens (tertiary/aromatic N) is 1. The van der Waals surface area contributed by atoms with Crippen LogP contribution in [-0.2, 0) is 4.79 Å². The first-order valence-corrected chi connectivity index (χ1v) is 9.30. The average Bonchev–Trinajstić information content (AvgIpc) is 3.08. The molecule has 1 aromatic heterocycles. The van der Waals surface area contributed by atoms with Gasteiger partial charge in [0.15, 0.2) is 11.7 Å². The van der Waals surface area contributed by atoms with E-state index in [0.717, 1.165) is 0 Å². The standard InChI is InChI=1S/C18H13Cl2N3O3S/c19-10-5-6-11(13(20)7-10)14-9-27-18(22-14)23-17(25)12-3-1-2-4-15(12)26-8-16(21)24/h1-7,9H,8H2,(H2,21,24)(H,22,23,25). The fourth-order valence-electron chi connectivity index (χ4n) is 2.25. The molecule has 3 aromatic rings. The van der Waals surface area contributed by atoms with Crippen LogP contribution in [0.15, 0.2) is 47.8 Å². The molecule has 9 heteroatoms. The molecule has 1 heterocycles. The second kappa shape index (κ2) is 8.39. The monoisotopic (exact) mass is 421 g/mol. The van der Waals surface area contributed by atoms with Crippen LogP contribution in [0.3, 0.4) is 0 Å². The quantitative estimate of drug-likeness (QED) is 0.622. The van der Waals surface area contributed by atoms with E-state index in [1.807, 2.05) is 0 Å². The van der Waals surface area contributed by atoms with Crippen LogP contribution in [0.2, 0.25) is 10.0 Å². The fraction of sp³-hybridized carbons (Fsp3) is 0.0556. The molecular formula is C18H13Cl2N3O3S. The van der Waals surface area contributed by atoms with Gasteiger partial charge in [0.25, 0.3) is 11.8 Å². The highest BCUT2D eigenvalue weighted by Crippen LogP contribution is 2.32. The van der Waals surface area contributed by atoms with Crippen molar-refractivity contribution in [3.05, 3.63) is 63.5 Å². The number of anilines is 1. The van der Waals surface area contributed by atoms with Gasteiger partial charge in [-0.1, -0.05) is 35.3 Å². The number of rotatable bonds is 6. The van der Waals surface area contributed by atoms with E-state index in [-0.39, 0.29) is 17.9 Å². The smallest absolute Gasteiger partial charge is 0.261 e. The third kappa shape index (κ3) is 4.77. The van der Waals surface area contributed by atoms with E-state index in [1.165, 1.54) is 11.3 Å². The molecule has 0 saturated carbocycles. The van der Waals surface area contributed by atoms with Gasteiger partial charge in [0.2, 0.25) is 0 Å². The Bertz CT molecular complexity index is 1010. The minimum Gasteiger partial charge on any atom is -0.483 e. The summed E-state index contributed by atoms with van der Waals surface area (Å²) in [5.74, 6) is -0.792. The first kappa shape index (κ1) is 19.2. The van der Waals surface area contributed by atoms with E-state index in [4.69, 9.17) is 33.7 Å². The maximum absolute atomic E-state index is 12.6. The highest BCUT2D eigenvalue weighted by molar-refractivity contribution is 7.14. The minimum atomic E-state index is -0.630. The Kier molecular flexibility index (Phi) is 5.95. The maximum Gasteiger partial charge on any atom is 0.261 e. The molecule has 2 amide bonds. The van der Waals surface area contributed by atoms with E-state index in [9.17, 15) is 9.59 Å². The van der Waals surface area contributed by atoms with Gasteiger partial charge < -0.3 is 10.5 Å². The van der Waals surface area contributed by atoms with E-state index in [1.54, 1.807) is 47.8 Å². The number of thiazole rings is 1.